The van der Waals surface area contributed by atoms with Crippen molar-refractivity contribution in [1.82, 2.24) is 4.90 Å². The average molecular weight is 616 g/mol. The summed E-state index contributed by atoms with van der Waals surface area (Å²) >= 11 is 12.9. The highest BCUT2D eigenvalue weighted by molar-refractivity contribution is 6.35. The SMILES string of the molecule is CC(=O)C[C@@H](C(C)=O)[C@@H](C(C)=O)[C@H](C(C)=O)[C@H](C(C)=O)C(=O)Nc1ccccc1C1CN(C)Cc2c(Cl)cc(Cl)cc21. The number of benzene rings is 2. The Kier molecular flexibility index (Phi) is 11.0. The van der Waals surface area contributed by atoms with Gasteiger partial charge >= 0.3 is 0 Å². The number of hydrogen-bond donors (Lipinski definition) is 1. The second-order valence-electron chi connectivity index (χ2n) is 11.3. The quantitative estimate of drug-likeness (QED) is 0.322. The van der Waals surface area contributed by atoms with Crippen LogP contribution < -0.4 is 5.32 Å². The third-order valence-electron chi connectivity index (χ3n) is 7.95. The second kappa shape index (κ2) is 13.8. The first kappa shape index (κ1) is 33.3. The van der Waals surface area contributed by atoms with Crippen molar-refractivity contribution in [2.24, 2.45) is 23.7 Å². The predicted octanol–water partition coefficient (Wildman–Crippen LogP) is 5.31. The minimum absolute atomic E-state index is 0.228. The lowest BCUT2D eigenvalue weighted by Gasteiger charge is -2.35. The van der Waals surface area contributed by atoms with Crippen molar-refractivity contribution in [2.45, 2.75) is 53.5 Å². The van der Waals surface area contributed by atoms with Gasteiger partial charge in [0.25, 0.3) is 0 Å². The molecule has 0 aromatic heterocycles. The van der Waals surface area contributed by atoms with E-state index in [9.17, 15) is 28.8 Å². The van der Waals surface area contributed by atoms with E-state index in [-0.39, 0.29) is 18.1 Å². The molecule has 1 aliphatic rings. The molecule has 0 saturated carbocycles. The number of carbonyl (C=O) groups is 6. The molecule has 1 unspecified atom stereocenters. The van der Waals surface area contributed by atoms with Gasteiger partial charge in [-0.05, 0) is 76.6 Å². The van der Waals surface area contributed by atoms with E-state index in [1.54, 1.807) is 18.2 Å². The highest BCUT2D eigenvalue weighted by Gasteiger charge is 2.47. The van der Waals surface area contributed by atoms with Crippen molar-refractivity contribution in [3.63, 3.8) is 0 Å². The molecule has 10 heteroatoms. The van der Waals surface area contributed by atoms with Crippen LogP contribution in [-0.4, -0.2) is 53.3 Å². The fraction of sp³-hybridized carbons (Fsp3) is 0.438. The molecule has 0 aliphatic carbocycles. The Hall–Kier alpha value is -3.20. The number of likely N-dealkylation sites (N-methyl/N-ethyl adjacent to an activating group) is 1. The highest BCUT2D eigenvalue weighted by Crippen LogP contribution is 2.41. The molecule has 2 aromatic rings. The first-order chi connectivity index (χ1) is 19.6. The summed E-state index contributed by atoms with van der Waals surface area (Å²) < 4.78 is 0. The zero-order valence-corrected chi connectivity index (χ0v) is 26.1. The second-order valence-corrected chi connectivity index (χ2v) is 12.1. The van der Waals surface area contributed by atoms with E-state index in [0.29, 0.717) is 28.8 Å². The van der Waals surface area contributed by atoms with E-state index in [1.807, 2.05) is 25.2 Å². The molecule has 2 aromatic carbocycles. The lowest BCUT2D eigenvalue weighted by molar-refractivity contribution is -0.146. The molecule has 42 heavy (non-hydrogen) atoms. The van der Waals surface area contributed by atoms with Crippen molar-refractivity contribution in [1.29, 1.82) is 0 Å². The molecular formula is C32H36Cl2N2O6. The number of nitrogens with one attached hydrogen (secondary N) is 1. The van der Waals surface area contributed by atoms with Crippen molar-refractivity contribution >= 4 is 63.7 Å². The predicted molar refractivity (Wildman–Crippen MR) is 162 cm³/mol. The molecular weight excluding hydrogens is 579 g/mol. The Balaban J connectivity index is 2.08. The number of amides is 1. The number of Topliss-reactive ketones (excluding diaryl/α,β-unsaturated/α-hetero) is 5. The van der Waals surface area contributed by atoms with E-state index in [0.717, 1.165) is 16.7 Å². The van der Waals surface area contributed by atoms with Gasteiger partial charge in [0.15, 0.2) is 0 Å². The summed E-state index contributed by atoms with van der Waals surface area (Å²) in [7, 11) is 1.96. The molecule has 0 spiro atoms. The number of ketones is 5. The Morgan fingerprint density at radius 3 is 2.02 bits per heavy atom. The molecule has 0 fully saturated rings. The minimum Gasteiger partial charge on any atom is -0.325 e. The molecule has 3 rings (SSSR count). The molecule has 1 aliphatic heterocycles. The number of fused-ring (bicyclic) bond motifs is 1. The lowest BCUT2D eigenvalue weighted by atomic mass is 9.67. The minimum atomic E-state index is -1.57. The highest BCUT2D eigenvalue weighted by atomic mass is 35.5. The number of carbonyl (C=O) groups excluding carboxylic acids is 6. The Bertz CT molecular complexity index is 1440. The number of nitrogens with zero attached hydrogens (tertiary/aromatic N) is 1. The van der Waals surface area contributed by atoms with Crippen LogP contribution in [0.3, 0.4) is 0 Å². The van der Waals surface area contributed by atoms with Gasteiger partial charge in [-0.15, -0.1) is 0 Å². The van der Waals surface area contributed by atoms with Crippen molar-refractivity contribution in [3.8, 4) is 0 Å². The number of rotatable bonds is 12. The standard InChI is InChI=1S/C32H36Cl2N2O6/c1-16(37)11-23(17(2)38)29(18(3)39)30(19(4)40)31(20(5)41)32(42)35-28-10-8-7-9-22(28)25-14-36(6)15-26-24(25)12-21(33)13-27(26)34/h7-10,12-13,23,25,29-31H,11,14-15H2,1-6H3,(H,35,42)/t23-,25?,29+,30-,31-/m0/s1. The van der Waals surface area contributed by atoms with Crippen LogP contribution in [-0.2, 0) is 35.3 Å². The van der Waals surface area contributed by atoms with Crippen LogP contribution in [0.5, 0.6) is 0 Å². The molecule has 0 bridgehead atoms. The van der Waals surface area contributed by atoms with Crippen molar-refractivity contribution in [3.05, 3.63) is 63.1 Å². The molecule has 1 amide bonds. The number of anilines is 1. The fourth-order valence-corrected chi connectivity index (χ4v) is 6.72. The van der Waals surface area contributed by atoms with E-state index < -0.39 is 52.7 Å². The van der Waals surface area contributed by atoms with Crippen LogP contribution in [0, 0.1) is 23.7 Å². The number of hydrogen-bond acceptors (Lipinski definition) is 7. The molecule has 1 N–H and O–H groups in total. The van der Waals surface area contributed by atoms with Gasteiger partial charge < -0.3 is 15.0 Å². The van der Waals surface area contributed by atoms with E-state index in [1.165, 1.54) is 34.6 Å². The van der Waals surface area contributed by atoms with E-state index in [2.05, 4.69) is 10.2 Å². The largest absolute Gasteiger partial charge is 0.325 e. The Labute approximate surface area is 256 Å². The van der Waals surface area contributed by atoms with Crippen LogP contribution in [0.15, 0.2) is 36.4 Å². The summed E-state index contributed by atoms with van der Waals surface area (Å²) in [5.74, 6) is -9.06. The van der Waals surface area contributed by atoms with Crippen LogP contribution >= 0.6 is 23.2 Å². The van der Waals surface area contributed by atoms with E-state index in [4.69, 9.17) is 23.2 Å². The normalized spacial score (nSPS) is 17.8. The van der Waals surface area contributed by atoms with Crippen LogP contribution in [0.25, 0.3) is 0 Å². The van der Waals surface area contributed by atoms with E-state index >= 15 is 0 Å². The lowest BCUT2D eigenvalue weighted by Crippen LogP contribution is -2.47. The first-order valence-corrected chi connectivity index (χ1v) is 14.5. The molecule has 8 nitrogen and oxygen atoms in total. The van der Waals surface area contributed by atoms with Crippen molar-refractivity contribution < 1.29 is 28.8 Å². The fourth-order valence-electron chi connectivity index (χ4n) is 6.15. The summed E-state index contributed by atoms with van der Waals surface area (Å²) in [6.45, 7) is 7.29. The molecule has 1 heterocycles. The van der Waals surface area contributed by atoms with Crippen LogP contribution in [0.2, 0.25) is 10.0 Å². The Morgan fingerprint density at radius 1 is 0.857 bits per heavy atom. The van der Waals surface area contributed by atoms with Crippen LogP contribution in [0.1, 0.15) is 63.6 Å². The first-order valence-electron chi connectivity index (χ1n) is 13.7. The zero-order chi connectivity index (χ0) is 31.5. The van der Waals surface area contributed by atoms with Gasteiger partial charge in [0.2, 0.25) is 5.91 Å². The van der Waals surface area contributed by atoms with Crippen molar-refractivity contribution in [2.75, 3.05) is 18.9 Å². The third kappa shape index (κ3) is 7.41. The van der Waals surface area contributed by atoms with Gasteiger partial charge in [0, 0.05) is 58.9 Å². The van der Waals surface area contributed by atoms with Gasteiger partial charge in [0.1, 0.15) is 34.8 Å². The number of halogens is 2. The zero-order valence-electron chi connectivity index (χ0n) is 24.6. The van der Waals surface area contributed by atoms with Gasteiger partial charge in [-0.1, -0.05) is 41.4 Å². The molecule has 0 saturated heterocycles. The summed E-state index contributed by atoms with van der Waals surface area (Å²) in [5, 5.41) is 3.86. The van der Waals surface area contributed by atoms with Gasteiger partial charge in [0.05, 0.1) is 0 Å². The van der Waals surface area contributed by atoms with Gasteiger partial charge in [-0.2, -0.15) is 0 Å². The van der Waals surface area contributed by atoms with Gasteiger partial charge in [-0.3, -0.25) is 24.0 Å². The smallest absolute Gasteiger partial charge is 0.235 e. The number of para-hydroxylation sites is 1. The average Bonchev–Trinajstić information content (AvgIpc) is 2.87. The molecule has 0 radical (unpaired) electrons. The maximum atomic E-state index is 13.9. The summed E-state index contributed by atoms with van der Waals surface area (Å²) in [4.78, 5) is 79.5. The molecule has 5 atom stereocenters. The maximum absolute atomic E-state index is 13.9. The molecule has 224 valence electrons. The maximum Gasteiger partial charge on any atom is 0.235 e. The Morgan fingerprint density at radius 2 is 1.48 bits per heavy atom. The monoisotopic (exact) mass is 614 g/mol. The summed E-state index contributed by atoms with van der Waals surface area (Å²) in [5.41, 5.74) is 3.01. The van der Waals surface area contributed by atoms with Gasteiger partial charge in [-0.25, -0.2) is 0 Å². The topological polar surface area (TPSA) is 118 Å². The third-order valence-corrected chi connectivity index (χ3v) is 8.51. The summed E-state index contributed by atoms with van der Waals surface area (Å²) in [6, 6.07) is 10.7. The summed E-state index contributed by atoms with van der Waals surface area (Å²) in [6.07, 6.45) is -0.280. The van der Waals surface area contributed by atoms with Crippen LogP contribution in [0.4, 0.5) is 5.69 Å².